The zero-order chi connectivity index (χ0) is 20.3. The minimum absolute atomic E-state index is 0.0526. The number of nitrogens with zero attached hydrogens (tertiary/aromatic N) is 3. The van der Waals surface area contributed by atoms with Crippen molar-refractivity contribution in [1.29, 1.82) is 5.26 Å². The molecule has 0 aliphatic carbocycles. The van der Waals surface area contributed by atoms with E-state index < -0.39 is 6.04 Å². The smallest absolute Gasteiger partial charge is 0.237 e. The summed E-state index contributed by atoms with van der Waals surface area (Å²) in [7, 11) is 0. The number of hydrogen-bond acceptors (Lipinski definition) is 5. The maximum Gasteiger partial charge on any atom is 0.237 e. The number of carbonyl (C=O) groups is 1. The Morgan fingerprint density at radius 2 is 2.18 bits per heavy atom. The van der Waals surface area contributed by atoms with Gasteiger partial charge in [-0.25, -0.2) is 0 Å². The maximum atomic E-state index is 12.5. The van der Waals surface area contributed by atoms with Crippen molar-refractivity contribution in [2.24, 2.45) is 17.6 Å². The quantitative estimate of drug-likeness (QED) is 0.833. The average Bonchev–Trinajstić information content (AvgIpc) is 2.66. The molecule has 1 aromatic carbocycles. The molecule has 6 heteroatoms. The van der Waals surface area contributed by atoms with E-state index in [0.29, 0.717) is 23.8 Å². The van der Waals surface area contributed by atoms with Crippen LogP contribution in [0.1, 0.15) is 39.2 Å². The molecule has 1 saturated heterocycles. The molecule has 2 heterocycles. The number of hydrogen-bond donors (Lipinski definition) is 2. The van der Waals surface area contributed by atoms with Crippen molar-refractivity contribution in [2.45, 2.75) is 45.7 Å². The Bertz CT molecular complexity index is 888. The Morgan fingerprint density at radius 3 is 2.89 bits per heavy atom. The number of pyridine rings is 1. The molecular weight excluding hydrogens is 350 g/mol. The van der Waals surface area contributed by atoms with Crippen LogP contribution >= 0.6 is 0 Å². The van der Waals surface area contributed by atoms with Gasteiger partial charge in [-0.2, -0.15) is 5.26 Å². The molecule has 1 aliphatic heterocycles. The van der Waals surface area contributed by atoms with Gasteiger partial charge >= 0.3 is 0 Å². The third kappa shape index (κ3) is 4.42. The lowest BCUT2D eigenvalue weighted by molar-refractivity contribution is -0.123. The lowest BCUT2D eigenvalue weighted by Crippen LogP contribution is -2.54. The molecule has 0 unspecified atom stereocenters. The number of benzene rings is 1. The SMILES string of the molecule is CC(C)C[C@@H](N)C(=O)N[C@@H]1C[C@H](C)CN(c2ccc(C#N)c3ncccc23)C1. The fourth-order valence-electron chi connectivity index (χ4n) is 4.10. The van der Waals surface area contributed by atoms with Gasteiger partial charge in [-0.1, -0.05) is 20.8 Å². The molecule has 1 aromatic heterocycles. The van der Waals surface area contributed by atoms with Crippen LogP contribution in [-0.4, -0.2) is 36.1 Å². The van der Waals surface area contributed by atoms with E-state index in [1.807, 2.05) is 24.3 Å². The minimum Gasteiger partial charge on any atom is -0.369 e. The second-order valence-electron chi connectivity index (χ2n) is 8.33. The molecule has 3 atom stereocenters. The van der Waals surface area contributed by atoms with Crippen LogP contribution in [0.4, 0.5) is 5.69 Å². The van der Waals surface area contributed by atoms with Crippen LogP contribution in [0.15, 0.2) is 30.5 Å². The summed E-state index contributed by atoms with van der Waals surface area (Å²) < 4.78 is 0. The lowest BCUT2D eigenvalue weighted by atomic mass is 9.94. The predicted octanol–water partition coefficient (Wildman–Crippen LogP) is 2.81. The molecule has 1 amide bonds. The van der Waals surface area contributed by atoms with Crippen molar-refractivity contribution in [1.82, 2.24) is 10.3 Å². The van der Waals surface area contributed by atoms with E-state index in [4.69, 9.17) is 5.73 Å². The highest BCUT2D eigenvalue weighted by molar-refractivity contribution is 5.95. The fraction of sp³-hybridized carbons (Fsp3) is 0.500. The number of nitriles is 1. The van der Waals surface area contributed by atoms with Crippen molar-refractivity contribution in [3.05, 3.63) is 36.0 Å². The summed E-state index contributed by atoms with van der Waals surface area (Å²) in [5.41, 5.74) is 8.41. The molecule has 1 aliphatic rings. The van der Waals surface area contributed by atoms with E-state index in [2.05, 4.69) is 42.0 Å². The van der Waals surface area contributed by atoms with Crippen LogP contribution in [0.5, 0.6) is 0 Å². The summed E-state index contributed by atoms with van der Waals surface area (Å²) in [6, 6.07) is 9.52. The highest BCUT2D eigenvalue weighted by Crippen LogP contribution is 2.31. The van der Waals surface area contributed by atoms with Crippen molar-refractivity contribution in [2.75, 3.05) is 18.0 Å². The van der Waals surface area contributed by atoms with Gasteiger partial charge in [-0.05, 0) is 48.9 Å². The van der Waals surface area contributed by atoms with Gasteiger partial charge in [-0.15, -0.1) is 0 Å². The number of aromatic nitrogens is 1. The third-order valence-electron chi connectivity index (χ3n) is 5.28. The average molecular weight is 380 g/mol. The number of piperidine rings is 1. The van der Waals surface area contributed by atoms with Gasteiger partial charge in [-0.3, -0.25) is 9.78 Å². The molecule has 0 radical (unpaired) electrons. The zero-order valence-corrected chi connectivity index (χ0v) is 16.9. The summed E-state index contributed by atoms with van der Waals surface area (Å²) in [6.07, 6.45) is 3.33. The van der Waals surface area contributed by atoms with Crippen LogP contribution in [0.2, 0.25) is 0 Å². The monoisotopic (exact) mass is 379 g/mol. The highest BCUT2D eigenvalue weighted by atomic mass is 16.2. The predicted molar refractivity (Wildman–Crippen MR) is 112 cm³/mol. The normalized spacial score (nSPS) is 20.8. The Morgan fingerprint density at radius 1 is 1.39 bits per heavy atom. The number of fused-ring (bicyclic) bond motifs is 1. The highest BCUT2D eigenvalue weighted by Gasteiger charge is 2.28. The number of carbonyl (C=O) groups excluding carboxylic acids is 1. The van der Waals surface area contributed by atoms with Gasteiger partial charge < -0.3 is 16.0 Å². The van der Waals surface area contributed by atoms with E-state index in [1.54, 1.807) is 6.20 Å². The van der Waals surface area contributed by atoms with Crippen molar-refractivity contribution >= 4 is 22.5 Å². The van der Waals surface area contributed by atoms with E-state index in [9.17, 15) is 10.1 Å². The van der Waals surface area contributed by atoms with Crippen LogP contribution in [-0.2, 0) is 4.79 Å². The largest absolute Gasteiger partial charge is 0.369 e. The molecule has 28 heavy (non-hydrogen) atoms. The summed E-state index contributed by atoms with van der Waals surface area (Å²) in [6.45, 7) is 7.97. The van der Waals surface area contributed by atoms with E-state index >= 15 is 0 Å². The van der Waals surface area contributed by atoms with Crippen molar-refractivity contribution < 1.29 is 4.79 Å². The Balaban J connectivity index is 1.81. The molecule has 0 saturated carbocycles. The van der Waals surface area contributed by atoms with E-state index in [-0.39, 0.29) is 11.9 Å². The van der Waals surface area contributed by atoms with Crippen LogP contribution in [0, 0.1) is 23.2 Å². The van der Waals surface area contributed by atoms with Gasteiger partial charge in [0.1, 0.15) is 6.07 Å². The standard InChI is InChI=1S/C22H29N5O/c1-14(2)9-19(24)22(28)26-17-10-15(3)12-27(13-17)20-7-6-16(11-23)21-18(20)5-4-8-25-21/h4-8,14-15,17,19H,9-10,12-13,24H2,1-3H3,(H,26,28)/t15-,17+,19+/m0/s1. The first-order valence-corrected chi connectivity index (χ1v) is 9.97. The first-order valence-electron chi connectivity index (χ1n) is 9.97. The van der Waals surface area contributed by atoms with Crippen LogP contribution in [0.3, 0.4) is 0 Å². The maximum absolute atomic E-state index is 12.5. The first kappa shape index (κ1) is 20.1. The molecule has 2 aromatic rings. The molecule has 0 spiro atoms. The first-order chi connectivity index (χ1) is 13.4. The number of anilines is 1. The van der Waals surface area contributed by atoms with Crippen LogP contribution in [0.25, 0.3) is 10.9 Å². The molecule has 3 rings (SSSR count). The Labute approximate surface area is 166 Å². The van der Waals surface area contributed by atoms with Gasteiger partial charge in [0.15, 0.2) is 0 Å². The van der Waals surface area contributed by atoms with Gasteiger partial charge in [0.2, 0.25) is 5.91 Å². The lowest BCUT2D eigenvalue weighted by Gasteiger charge is -2.39. The summed E-state index contributed by atoms with van der Waals surface area (Å²) in [4.78, 5) is 19.2. The Hall–Kier alpha value is -2.65. The molecule has 1 fully saturated rings. The zero-order valence-electron chi connectivity index (χ0n) is 16.9. The number of rotatable bonds is 5. The van der Waals surface area contributed by atoms with E-state index in [0.717, 1.165) is 36.1 Å². The number of nitrogens with one attached hydrogen (secondary N) is 1. The molecule has 148 valence electrons. The molecule has 0 bridgehead atoms. The number of amides is 1. The summed E-state index contributed by atoms with van der Waals surface area (Å²) in [5, 5.41) is 13.5. The van der Waals surface area contributed by atoms with Crippen molar-refractivity contribution in [3.8, 4) is 6.07 Å². The third-order valence-corrected chi connectivity index (χ3v) is 5.28. The van der Waals surface area contributed by atoms with Gasteiger partial charge in [0.25, 0.3) is 0 Å². The summed E-state index contributed by atoms with van der Waals surface area (Å²) in [5.74, 6) is 0.752. The number of nitrogens with two attached hydrogens (primary N) is 1. The Kier molecular flexibility index (Phi) is 6.15. The fourth-order valence-corrected chi connectivity index (χ4v) is 4.10. The van der Waals surface area contributed by atoms with Gasteiger partial charge in [0.05, 0.1) is 17.1 Å². The second kappa shape index (κ2) is 8.57. The molecule has 3 N–H and O–H groups in total. The summed E-state index contributed by atoms with van der Waals surface area (Å²) >= 11 is 0. The van der Waals surface area contributed by atoms with E-state index in [1.165, 1.54) is 0 Å². The topological polar surface area (TPSA) is 95.0 Å². The van der Waals surface area contributed by atoms with Crippen molar-refractivity contribution in [3.63, 3.8) is 0 Å². The second-order valence-corrected chi connectivity index (χ2v) is 8.33. The van der Waals surface area contributed by atoms with Crippen LogP contribution < -0.4 is 16.0 Å². The molecule has 6 nitrogen and oxygen atoms in total. The van der Waals surface area contributed by atoms with Gasteiger partial charge in [0, 0.05) is 36.4 Å². The minimum atomic E-state index is -0.467. The molecular formula is C22H29N5O.